The van der Waals surface area contributed by atoms with Crippen LogP contribution in [-0.2, 0) is 10.0 Å². The molecular weight excluding hydrogens is 404 g/mol. The van der Waals surface area contributed by atoms with Crippen molar-refractivity contribution in [3.05, 3.63) is 59.2 Å². The molecule has 1 fully saturated rings. The number of hydrogen-bond donors (Lipinski definition) is 0. The third-order valence-corrected chi connectivity index (χ3v) is 8.27. The minimum absolute atomic E-state index is 0.0683. The predicted octanol–water partition coefficient (Wildman–Crippen LogP) is 3.60. The van der Waals surface area contributed by atoms with Gasteiger partial charge in [-0.15, -0.1) is 11.8 Å². The molecule has 0 amide bonds. The van der Waals surface area contributed by atoms with E-state index in [0.29, 0.717) is 18.7 Å². The molecule has 0 saturated carbocycles. The summed E-state index contributed by atoms with van der Waals surface area (Å²) in [7, 11) is -3.51. The highest BCUT2D eigenvalue weighted by Gasteiger charge is 2.28. The smallest absolute Gasteiger partial charge is 0.243 e. The fraction of sp³-hybridized carbons (Fsp3) is 0.409. The molecule has 0 atom stereocenters. The molecule has 1 aliphatic heterocycles. The number of carbonyl (C=O) groups is 1. The van der Waals surface area contributed by atoms with E-state index in [1.165, 1.54) is 35.1 Å². The fourth-order valence-electron chi connectivity index (χ4n) is 3.30. The van der Waals surface area contributed by atoms with Gasteiger partial charge in [-0.05, 0) is 56.2 Å². The van der Waals surface area contributed by atoms with E-state index in [4.69, 9.17) is 0 Å². The van der Waals surface area contributed by atoms with Gasteiger partial charge < -0.3 is 0 Å². The molecule has 3 rings (SSSR count). The summed E-state index contributed by atoms with van der Waals surface area (Å²) < 4.78 is 27.2. The summed E-state index contributed by atoms with van der Waals surface area (Å²) in [6.07, 6.45) is 0. The number of benzene rings is 2. The van der Waals surface area contributed by atoms with Gasteiger partial charge in [0, 0.05) is 48.9 Å². The van der Waals surface area contributed by atoms with E-state index >= 15 is 0 Å². The number of nitrogens with zero attached hydrogens (tertiary/aromatic N) is 2. The molecular formula is C22H28N2O3S2. The first-order chi connectivity index (χ1) is 13.8. The highest BCUT2D eigenvalue weighted by molar-refractivity contribution is 7.99. The molecule has 2 aromatic rings. The molecule has 5 nitrogen and oxygen atoms in total. The number of piperazine rings is 1. The number of sulfonamides is 1. The Balaban J connectivity index is 1.50. The van der Waals surface area contributed by atoms with Crippen molar-refractivity contribution in [2.45, 2.75) is 30.6 Å². The van der Waals surface area contributed by atoms with Crippen molar-refractivity contribution in [3.63, 3.8) is 0 Å². The van der Waals surface area contributed by atoms with Crippen molar-refractivity contribution < 1.29 is 13.2 Å². The van der Waals surface area contributed by atoms with Crippen molar-refractivity contribution >= 4 is 27.6 Å². The molecule has 0 unspecified atom stereocenters. The van der Waals surface area contributed by atoms with Crippen LogP contribution in [0.5, 0.6) is 0 Å². The van der Waals surface area contributed by atoms with Crippen LogP contribution >= 0.6 is 11.8 Å². The number of hydrogen-bond acceptors (Lipinski definition) is 5. The van der Waals surface area contributed by atoms with Crippen LogP contribution in [0.3, 0.4) is 0 Å². The SMILES string of the molecule is CC(=O)c1ccc(S(=O)(=O)N2CCN(CCSc3ccc(C)c(C)c3)CC2)cc1. The normalized spacial score (nSPS) is 16.1. The number of Topliss-reactive ketones (excluding diaryl/α,β-unsaturated/α-hetero) is 1. The topological polar surface area (TPSA) is 57.7 Å². The van der Waals surface area contributed by atoms with Crippen LogP contribution in [0.1, 0.15) is 28.4 Å². The number of aryl methyl sites for hydroxylation is 2. The van der Waals surface area contributed by atoms with E-state index in [2.05, 4.69) is 36.9 Å². The van der Waals surface area contributed by atoms with Crippen LogP contribution in [0.15, 0.2) is 52.3 Å². The Morgan fingerprint density at radius 1 is 0.966 bits per heavy atom. The van der Waals surface area contributed by atoms with Gasteiger partial charge in [0.05, 0.1) is 4.90 Å². The number of carbonyl (C=O) groups excluding carboxylic acids is 1. The Morgan fingerprint density at radius 2 is 1.62 bits per heavy atom. The second-order valence-corrected chi connectivity index (χ2v) is 10.5. The van der Waals surface area contributed by atoms with Crippen LogP contribution in [-0.4, -0.2) is 61.9 Å². The predicted molar refractivity (Wildman–Crippen MR) is 118 cm³/mol. The molecule has 1 saturated heterocycles. The molecule has 7 heteroatoms. The zero-order valence-electron chi connectivity index (χ0n) is 17.2. The number of thioether (sulfide) groups is 1. The first kappa shape index (κ1) is 22.0. The van der Waals surface area contributed by atoms with Gasteiger partial charge >= 0.3 is 0 Å². The second-order valence-electron chi connectivity index (χ2n) is 7.42. The largest absolute Gasteiger partial charge is 0.300 e. The van der Waals surface area contributed by atoms with E-state index in [-0.39, 0.29) is 10.7 Å². The van der Waals surface area contributed by atoms with Crippen LogP contribution in [0.25, 0.3) is 0 Å². The van der Waals surface area contributed by atoms with Crippen LogP contribution in [0.2, 0.25) is 0 Å². The van der Waals surface area contributed by atoms with Gasteiger partial charge in [-0.1, -0.05) is 18.2 Å². The molecule has 1 aliphatic rings. The third kappa shape index (κ3) is 5.48. The summed E-state index contributed by atoms with van der Waals surface area (Å²) in [5.41, 5.74) is 3.14. The van der Waals surface area contributed by atoms with Crippen molar-refractivity contribution in [3.8, 4) is 0 Å². The molecule has 0 aromatic heterocycles. The highest BCUT2D eigenvalue weighted by Crippen LogP contribution is 2.22. The summed E-state index contributed by atoms with van der Waals surface area (Å²) >= 11 is 1.84. The molecule has 1 heterocycles. The van der Waals surface area contributed by atoms with Crippen LogP contribution in [0, 0.1) is 13.8 Å². The number of ketones is 1. The summed E-state index contributed by atoms with van der Waals surface area (Å²) in [5.74, 6) is 0.920. The molecule has 29 heavy (non-hydrogen) atoms. The van der Waals surface area contributed by atoms with Gasteiger partial charge in [-0.25, -0.2) is 8.42 Å². The summed E-state index contributed by atoms with van der Waals surface area (Å²) in [4.78, 5) is 15.2. The molecule has 0 aliphatic carbocycles. The van der Waals surface area contributed by atoms with E-state index in [1.54, 1.807) is 16.4 Å². The van der Waals surface area contributed by atoms with Gasteiger partial charge in [0.1, 0.15) is 0 Å². The van der Waals surface area contributed by atoms with E-state index in [1.807, 2.05) is 11.8 Å². The Bertz CT molecular complexity index is 964. The van der Waals surface area contributed by atoms with Crippen molar-refractivity contribution in [1.82, 2.24) is 9.21 Å². The lowest BCUT2D eigenvalue weighted by Gasteiger charge is -2.33. The highest BCUT2D eigenvalue weighted by atomic mass is 32.2. The Hall–Kier alpha value is -1.67. The Labute approximate surface area is 178 Å². The van der Waals surface area contributed by atoms with Crippen molar-refractivity contribution in [1.29, 1.82) is 0 Å². The van der Waals surface area contributed by atoms with Gasteiger partial charge in [0.15, 0.2) is 5.78 Å². The second kappa shape index (κ2) is 9.43. The van der Waals surface area contributed by atoms with E-state index in [0.717, 1.165) is 25.4 Å². The third-order valence-electron chi connectivity index (χ3n) is 5.38. The Morgan fingerprint density at radius 3 is 2.21 bits per heavy atom. The average Bonchev–Trinajstić information content (AvgIpc) is 2.71. The van der Waals surface area contributed by atoms with Crippen molar-refractivity contribution in [2.75, 3.05) is 38.5 Å². The maximum Gasteiger partial charge on any atom is 0.243 e. The molecule has 0 spiro atoms. The quantitative estimate of drug-likeness (QED) is 0.494. The standard InChI is InChI=1S/C22H28N2O3S2/c1-17-4-7-21(16-18(17)2)28-15-14-23-10-12-24(13-11-23)29(26,27)22-8-5-20(6-9-22)19(3)25/h4-9,16H,10-15H2,1-3H3. The molecule has 0 radical (unpaired) electrons. The molecule has 2 aromatic carbocycles. The maximum atomic E-state index is 12.9. The molecule has 0 N–H and O–H groups in total. The Kier molecular flexibility index (Phi) is 7.16. The summed E-state index contributed by atoms with van der Waals surface area (Å²) in [6.45, 7) is 9.12. The lowest BCUT2D eigenvalue weighted by atomic mass is 10.1. The maximum absolute atomic E-state index is 12.9. The first-order valence-corrected chi connectivity index (χ1v) is 12.2. The van der Waals surface area contributed by atoms with Crippen molar-refractivity contribution in [2.24, 2.45) is 0 Å². The molecule has 0 bridgehead atoms. The lowest BCUT2D eigenvalue weighted by Crippen LogP contribution is -2.49. The first-order valence-electron chi connectivity index (χ1n) is 9.81. The van der Waals surface area contributed by atoms with Gasteiger partial charge in [-0.2, -0.15) is 4.31 Å². The molecule has 156 valence electrons. The van der Waals surface area contributed by atoms with E-state index in [9.17, 15) is 13.2 Å². The minimum atomic E-state index is -3.51. The van der Waals surface area contributed by atoms with Gasteiger partial charge in [0.25, 0.3) is 0 Å². The number of rotatable bonds is 7. The fourth-order valence-corrected chi connectivity index (χ4v) is 5.73. The van der Waals surface area contributed by atoms with Crippen LogP contribution in [0.4, 0.5) is 0 Å². The zero-order chi connectivity index (χ0) is 21.0. The summed E-state index contributed by atoms with van der Waals surface area (Å²) in [5, 5.41) is 0. The summed E-state index contributed by atoms with van der Waals surface area (Å²) in [6, 6.07) is 12.8. The van der Waals surface area contributed by atoms with E-state index < -0.39 is 10.0 Å². The van der Waals surface area contributed by atoms with Crippen LogP contribution < -0.4 is 0 Å². The van der Waals surface area contributed by atoms with Gasteiger partial charge in [-0.3, -0.25) is 9.69 Å². The zero-order valence-corrected chi connectivity index (χ0v) is 18.9. The monoisotopic (exact) mass is 432 g/mol. The average molecular weight is 433 g/mol. The lowest BCUT2D eigenvalue weighted by molar-refractivity contribution is 0.101. The minimum Gasteiger partial charge on any atom is -0.300 e. The van der Waals surface area contributed by atoms with Gasteiger partial charge in [0.2, 0.25) is 10.0 Å².